The molecule has 2 atom stereocenters. The Bertz CT molecular complexity index is 659. The van der Waals surface area contributed by atoms with Crippen LogP contribution in [0.25, 0.3) is 0 Å². The minimum absolute atomic E-state index is 0.0743. The van der Waals surface area contributed by atoms with Crippen LogP contribution in [0.4, 0.5) is 4.79 Å². The van der Waals surface area contributed by atoms with E-state index in [4.69, 9.17) is 4.74 Å². The standard InChI is InChI=1S/C18H23BrINO4/c1-18(2,3)25-17(24)21-7-6-11(10-21)14(16(22)23)9-12-8-13(20)4-5-15(12)19/h4-5,8,11,14H,6-7,9-10H2,1-3H3,(H,22,23)/t11-,14-/m0/s1. The number of carboxylic acids is 1. The molecule has 0 spiro atoms. The Labute approximate surface area is 170 Å². The Hall–Kier alpha value is -0.830. The van der Waals surface area contributed by atoms with E-state index in [0.29, 0.717) is 25.9 Å². The molecule has 0 unspecified atom stereocenters. The molecule has 1 fully saturated rings. The molecule has 0 aromatic heterocycles. The molecule has 1 aliphatic heterocycles. The number of aliphatic carboxylic acids is 1. The maximum atomic E-state index is 12.2. The number of carbonyl (C=O) groups is 2. The van der Waals surface area contributed by atoms with Gasteiger partial charge in [0.15, 0.2) is 0 Å². The molecule has 0 aliphatic carbocycles. The van der Waals surface area contributed by atoms with E-state index in [-0.39, 0.29) is 12.0 Å². The molecule has 7 heteroatoms. The largest absolute Gasteiger partial charge is 0.481 e. The van der Waals surface area contributed by atoms with Crippen molar-refractivity contribution < 1.29 is 19.4 Å². The summed E-state index contributed by atoms with van der Waals surface area (Å²) in [7, 11) is 0. The van der Waals surface area contributed by atoms with Gasteiger partial charge in [-0.25, -0.2) is 4.79 Å². The molecule has 1 N–H and O–H groups in total. The molecule has 1 aromatic rings. The maximum Gasteiger partial charge on any atom is 0.410 e. The Kier molecular flexibility index (Phi) is 6.75. The summed E-state index contributed by atoms with van der Waals surface area (Å²) in [4.78, 5) is 25.7. The average Bonchev–Trinajstić information content (AvgIpc) is 2.95. The van der Waals surface area contributed by atoms with Crippen molar-refractivity contribution in [3.63, 3.8) is 0 Å². The van der Waals surface area contributed by atoms with Gasteiger partial charge in [0.2, 0.25) is 0 Å². The number of likely N-dealkylation sites (tertiary alicyclic amines) is 1. The Balaban J connectivity index is 2.08. The molecule has 1 amide bonds. The zero-order valence-corrected chi connectivity index (χ0v) is 18.3. The van der Waals surface area contributed by atoms with E-state index in [1.807, 2.05) is 39.0 Å². The third-order valence-electron chi connectivity index (χ3n) is 4.21. The lowest BCUT2D eigenvalue weighted by atomic mass is 9.86. The number of benzene rings is 1. The fourth-order valence-corrected chi connectivity index (χ4v) is 3.96. The Morgan fingerprint density at radius 3 is 2.72 bits per heavy atom. The summed E-state index contributed by atoms with van der Waals surface area (Å²) < 4.78 is 7.38. The predicted octanol–water partition coefficient (Wildman–Crippen LogP) is 4.55. The van der Waals surface area contributed by atoms with Gasteiger partial charge in [0.05, 0.1) is 5.92 Å². The van der Waals surface area contributed by atoms with Crippen molar-refractivity contribution in [2.75, 3.05) is 13.1 Å². The lowest BCUT2D eigenvalue weighted by Crippen LogP contribution is -2.36. The van der Waals surface area contributed by atoms with Crippen LogP contribution in [-0.2, 0) is 16.0 Å². The molecule has 1 aliphatic rings. The number of ether oxygens (including phenoxy) is 1. The normalized spacial score (nSPS) is 18.9. The van der Waals surface area contributed by atoms with Gasteiger partial charge in [0.25, 0.3) is 0 Å². The van der Waals surface area contributed by atoms with E-state index in [9.17, 15) is 14.7 Å². The van der Waals surface area contributed by atoms with Gasteiger partial charge < -0.3 is 14.7 Å². The van der Waals surface area contributed by atoms with E-state index in [0.717, 1.165) is 13.6 Å². The molecule has 138 valence electrons. The lowest BCUT2D eigenvalue weighted by molar-refractivity contribution is -0.143. The molecule has 1 saturated heterocycles. The van der Waals surface area contributed by atoms with E-state index in [2.05, 4.69) is 38.5 Å². The third kappa shape index (κ3) is 5.84. The highest BCUT2D eigenvalue weighted by atomic mass is 127. The number of hydrogen-bond acceptors (Lipinski definition) is 3. The van der Waals surface area contributed by atoms with Crippen molar-refractivity contribution in [3.05, 3.63) is 31.8 Å². The van der Waals surface area contributed by atoms with Gasteiger partial charge in [0.1, 0.15) is 5.60 Å². The molecule has 2 rings (SSSR count). The molecular formula is C18H23BrINO4. The quantitative estimate of drug-likeness (QED) is 0.588. The SMILES string of the molecule is CC(C)(C)OC(=O)N1CC[C@H]([C@H](Cc2cc(I)ccc2Br)C(=O)O)C1. The molecule has 0 saturated carbocycles. The van der Waals surface area contributed by atoms with Gasteiger partial charge in [-0.3, -0.25) is 4.79 Å². The number of hydrogen-bond donors (Lipinski definition) is 1. The Morgan fingerprint density at radius 1 is 1.44 bits per heavy atom. The van der Waals surface area contributed by atoms with Crippen molar-refractivity contribution in [1.82, 2.24) is 4.90 Å². The monoisotopic (exact) mass is 523 g/mol. The van der Waals surface area contributed by atoms with Gasteiger partial charge in [-0.2, -0.15) is 0 Å². The molecule has 0 bridgehead atoms. The summed E-state index contributed by atoms with van der Waals surface area (Å²) in [6, 6.07) is 5.92. The van der Waals surface area contributed by atoms with E-state index in [1.165, 1.54) is 0 Å². The van der Waals surface area contributed by atoms with Crippen LogP contribution in [0.1, 0.15) is 32.8 Å². The summed E-state index contributed by atoms with van der Waals surface area (Å²) >= 11 is 5.72. The second-order valence-electron chi connectivity index (χ2n) is 7.36. The number of rotatable bonds is 4. The second-order valence-corrected chi connectivity index (χ2v) is 9.46. The fourth-order valence-electron chi connectivity index (χ4n) is 3.00. The first-order chi connectivity index (χ1) is 11.6. The molecule has 5 nitrogen and oxygen atoms in total. The van der Waals surface area contributed by atoms with Crippen molar-refractivity contribution >= 4 is 50.6 Å². The molecule has 0 radical (unpaired) electrons. The maximum absolute atomic E-state index is 12.2. The van der Waals surface area contributed by atoms with Gasteiger partial charge in [-0.1, -0.05) is 15.9 Å². The number of carboxylic acid groups (broad SMARTS) is 1. The van der Waals surface area contributed by atoms with Crippen LogP contribution >= 0.6 is 38.5 Å². The topological polar surface area (TPSA) is 66.8 Å². The van der Waals surface area contributed by atoms with Crippen LogP contribution in [0.15, 0.2) is 22.7 Å². The summed E-state index contributed by atoms with van der Waals surface area (Å²) in [5.41, 5.74) is 0.433. The van der Waals surface area contributed by atoms with Gasteiger partial charge in [0, 0.05) is 21.1 Å². The molecule has 1 heterocycles. The van der Waals surface area contributed by atoms with E-state index < -0.39 is 17.5 Å². The minimum Gasteiger partial charge on any atom is -0.481 e. The molecule has 25 heavy (non-hydrogen) atoms. The third-order valence-corrected chi connectivity index (χ3v) is 5.65. The summed E-state index contributed by atoms with van der Waals surface area (Å²) in [6.07, 6.45) is 0.756. The smallest absolute Gasteiger partial charge is 0.410 e. The van der Waals surface area contributed by atoms with Crippen LogP contribution in [0.3, 0.4) is 0 Å². The van der Waals surface area contributed by atoms with Crippen molar-refractivity contribution in [1.29, 1.82) is 0 Å². The fraction of sp³-hybridized carbons (Fsp3) is 0.556. The van der Waals surface area contributed by atoms with Crippen LogP contribution in [0, 0.1) is 15.4 Å². The van der Waals surface area contributed by atoms with Crippen molar-refractivity contribution in [2.45, 2.75) is 39.2 Å². The van der Waals surface area contributed by atoms with Gasteiger partial charge >= 0.3 is 12.1 Å². The highest BCUT2D eigenvalue weighted by Gasteiger charge is 2.37. The van der Waals surface area contributed by atoms with E-state index in [1.54, 1.807) is 4.90 Å². The average molecular weight is 524 g/mol. The summed E-state index contributed by atoms with van der Waals surface area (Å²) in [6.45, 7) is 6.44. The lowest BCUT2D eigenvalue weighted by Gasteiger charge is -2.25. The number of halogens is 2. The second kappa shape index (κ2) is 8.24. The van der Waals surface area contributed by atoms with Crippen LogP contribution in [-0.4, -0.2) is 40.8 Å². The van der Waals surface area contributed by atoms with Crippen molar-refractivity contribution in [3.8, 4) is 0 Å². The van der Waals surface area contributed by atoms with Crippen LogP contribution in [0.5, 0.6) is 0 Å². The van der Waals surface area contributed by atoms with Crippen LogP contribution in [0.2, 0.25) is 0 Å². The summed E-state index contributed by atoms with van der Waals surface area (Å²) in [5.74, 6) is -1.42. The highest BCUT2D eigenvalue weighted by molar-refractivity contribution is 14.1. The van der Waals surface area contributed by atoms with Gasteiger partial charge in [-0.15, -0.1) is 0 Å². The number of carbonyl (C=O) groups excluding carboxylic acids is 1. The number of nitrogens with zero attached hydrogens (tertiary/aromatic N) is 1. The minimum atomic E-state index is -0.818. The first-order valence-electron chi connectivity index (χ1n) is 8.21. The first-order valence-corrected chi connectivity index (χ1v) is 10.1. The zero-order valence-electron chi connectivity index (χ0n) is 14.6. The molecular weight excluding hydrogens is 501 g/mol. The van der Waals surface area contributed by atoms with Gasteiger partial charge in [-0.05, 0) is 85.9 Å². The number of amides is 1. The van der Waals surface area contributed by atoms with E-state index >= 15 is 0 Å². The Morgan fingerprint density at radius 2 is 2.12 bits per heavy atom. The zero-order chi connectivity index (χ0) is 18.8. The first kappa shape index (κ1) is 20.5. The van der Waals surface area contributed by atoms with Crippen molar-refractivity contribution in [2.24, 2.45) is 11.8 Å². The predicted molar refractivity (Wildman–Crippen MR) is 108 cm³/mol. The summed E-state index contributed by atoms with van der Waals surface area (Å²) in [5, 5.41) is 9.71. The molecule has 1 aromatic carbocycles. The van der Waals surface area contributed by atoms with Crippen LogP contribution < -0.4 is 0 Å². The highest BCUT2D eigenvalue weighted by Crippen LogP contribution is 2.31.